The second kappa shape index (κ2) is 6.12. The number of amides is 1. The molecule has 0 fully saturated rings. The van der Waals surface area contributed by atoms with Gasteiger partial charge in [0.2, 0.25) is 5.91 Å². The number of rotatable bonds is 5. The summed E-state index contributed by atoms with van der Waals surface area (Å²) >= 11 is 0. The van der Waals surface area contributed by atoms with Gasteiger partial charge >= 0.3 is 0 Å². The van der Waals surface area contributed by atoms with Crippen molar-refractivity contribution < 1.29 is 4.79 Å². The third-order valence-electron chi connectivity index (χ3n) is 1.34. The summed E-state index contributed by atoms with van der Waals surface area (Å²) in [4.78, 5) is 10.9. The number of likely N-dealkylation sites (N-methyl/N-ethyl adjacent to an activating group) is 1. The van der Waals surface area contributed by atoms with Gasteiger partial charge in [-0.3, -0.25) is 4.79 Å². The van der Waals surface area contributed by atoms with Crippen molar-refractivity contribution in [1.29, 1.82) is 0 Å². The minimum Gasteiger partial charge on any atom is -0.352 e. The number of hydrogen-bond donors (Lipinski definition) is 3. The quantitative estimate of drug-likeness (QED) is 0.485. The van der Waals surface area contributed by atoms with Crippen LogP contribution < -0.4 is 16.4 Å². The minimum atomic E-state index is 0.0217. The molecule has 66 valence electrons. The molecule has 1 atom stereocenters. The Hall–Kier alpha value is -0.610. The van der Waals surface area contributed by atoms with Crippen LogP contribution in [0.2, 0.25) is 0 Å². The van der Waals surface area contributed by atoms with E-state index < -0.39 is 0 Å². The van der Waals surface area contributed by atoms with Crippen molar-refractivity contribution in [3.8, 4) is 0 Å². The molecule has 4 N–H and O–H groups in total. The maximum Gasteiger partial charge on any atom is 0.234 e. The van der Waals surface area contributed by atoms with E-state index in [1.807, 2.05) is 6.92 Å². The van der Waals surface area contributed by atoms with Gasteiger partial charge in [0.1, 0.15) is 0 Å². The van der Waals surface area contributed by atoms with E-state index in [2.05, 4.69) is 10.6 Å². The predicted octanol–water partition coefficient (Wildman–Crippen LogP) is -0.941. The lowest BCUT2D eigenvalue weighted by Crippen LogP contribution is -2.38. The van der Waals surface area contributed by atoms with Crippen LogP contribution >= 0.6 is 0 Å². The Kier molecular flexibility index (Phi) is 5.78. The molecule has 0 aromatic carbocycles. The molecule has 0 heterocycles. The summed E-state index contributed by atoms with van der Waals surface area (Å²) < 4.78 is 0. The third-order valence-corrected chi connectivity index (χ3v) is 1.34. The fourth-order valence-electron chi connectivity index (χ4n) is 0.809. The van der Waals surface area contributed by atoms with E-state index in [1.165, 1.54) is 0 Å². The first kappa shape index (κ1) is 10.4. The van der Waals surface area contributed by atoms with E-state index in [1.54, 1.807) is 7.05 Å². The van der Waals surface area contributed by atoms with Gasteiger partial charge in [0.25, 0.3) is 0 Å². The first-order valence-electron chi connectivity index (χ1n) is 3.84. The maximum absolute atomic E-state index is 10.9. The van der Waals surface area contributed by atoms with Gasteiger partial charge in [-0.25, -0.2) is 0 Å². The number of carbonyl (C=O) groups is 1. The van der Waals surface area contributed by atoms with Crippen LogP contribution in [0.1, 0.15) is 13.3 Å². The van der Waals surface area contributed by atoms with E-state index >= 15 is 0 Å². The molecule has 0 aromatic rings. The largest absolute Gasteiger partial charge is 0.352 e. The van der Waals surface area contributed by atoms with Gasteiger partial charge in [-0.1, -0.05) is 0 Å². The second-order valence-electron chi connectivity index (χ2n) is 2.58. The lowest BCUT2D eigenvalue weighted by molar-refractivity contribution is -0.120. The first-order chi connectivity index (χ1) is 5.20. The molecule has 0 aromatic heterocycles. The monoisotopic (exact) mass is 159 g/mol. The highest BCUT2D eigenvalue weighted by molar-refractivity contribution is 5.78. The molecule has 0 aliphatic heterocycles. The average Bonchev–Trinajstić information content (AvgIpc) is 1.87. The number of nitrogens with one attached hydrogen (secondary N) is 2. The second-order valence-corrected chi connectivity index (χ2v) is 2.58. The van der Waals surface area contributed by atoms with Crippen molar-refractivity contribution in [1.82, 2.24) is 10.6 Å². The molecule has 1 amide bonds. The van der Waals surface area contributed by atoms with Crippen LogP contribution in [0, 0.1) is 0 Å². The zero-order valence-corrected chi connectivity index (χ0v) is 7.18. The Morgan fingerprint density at radius 2 is 2.27 bits per heavy atom. The van der Waals surface area contributed by atoms with E-state index in [0.717, 1.165) is 6.42 Å². The van der Waals surface area contributed by atoms with Crippen molar-refractivity contribution in [3.05, 3.63) is 0 Å². The Balaban J connectivity index is 3.40. The molecule has 11 heavy (non-hydrogen) atoms. The molecule has 0 saturated carbocycles. The molecule has 0 radical (unpaired) electrons. The highest BCUT2D eigenvalue weighted by atomic mass is 16.1. The number of nitrogens with two attached hydrogens (primary N) is 1. The highest BCUT2D eigenvalue weighted by Crippen LogP contribution is 1.85. The van der Waals surface area contributed by atoms with Crippen LogP contribution in [0.5, 0.6) is 0 Å². The van der Waals surface area contributed by atoms with Crippen LogP contribution in [0.15, 0.2) is 0 Å². The summed E-state index contributed by atoms with van der Waals surface area (Å²) in [5.74, 6) is 0.0217. The Bertz CT molecular complexity index is 116. The smallest absolute Gasteiger partial charge is 0.234 e. The van der Waals surface area contributed by atoms with Gasteiger partial charge in [0.05, 0.1) is 6.54 Å². The molecule has 0 aliphatic rings. The van der Waals surface area contributed by atoms with Crippen LogP contribution in [-0.2, 0) is 4.79 Å². The van der Waals surface area contributed by atoms with Crippen LogP contribution in [0.4, 0.5) is 0 Å². The van der Waals surface area contributed by atoms with E-state index in [9.17, 15) is 4.79 Å². The van der Waals surface area contributed by atoms with Crippen molar-refractivity contribution >= 4 is 5.91 Å². The normalized spacial score (nSPS) is 12.6. The molecule has 0 spiro atoms. The summed E-state index contributed by atoms with van der Waals surface area (Å²) in [7, 11) is 1.74. The standard InChI is InChI=1S/C7H17N3O/c1-6(3-4-8)10-7(11)5-9-2/h6,9H,3-5,8H2,1-2H3,(H,10,11). The maximum atomic E-state index is 10.9. The summed E-state index contributed by atoms with van der Waals surface area (Å²) in [5, 5.41) is 5.57. The van der Waals surface area contributed by atoms with Crippen molar-refractivity contribution in [2.45, 2.75) is 19.4 Å². The number of carbonyl (C=O) groups excluding carboxylic acids is 1. The zero-order chi connectivity index (χ0) is 8.69. The average molecular weight is 159 g/mol. The molecule has 1 unspecified atom stereocenters. The Morgan fingerprint density at radius 1 is 1.64 bits per heavy atom. The summed E-state index contributed by atoms with van der Waals surface area (Å²) in [6.45, 7) is 2.93. The van der Waals surface area contributed by atoms with Gasteiger partial charge in [-0.05, 0) is 26.9 Å². The lowest BCUT2D eigenvalue weighted by Gasteiger charge is -2.11. The van der Waals surface area contributed by atoms with Crippen LogP contribution in [0.3, 0.4) is 0 Å². The summed E-state index contributed by atoms with van der Waals surface area (Å²) in [5.41, 5.74) is 5.31. The fourth-order valence-corrected chi connectivity index (χ4v) is 0.809. The molecule has 4 heteroatoms. The summed E-state index contributed by atoms with van der Waals surface area (Å²) in [6, 6.07) is 0.181. The SMILES string of the molecule is CNCC(=O)NC(C)CCN. The lowest BCUT2D eigenvalue weighted by atomic mass is 10.2. The predicted molar refractivity (Wildman–Crippen MR) is 45.2 cm³/mol. The van der Waals surface area contributed by atoms with Gasteiger partial charge in [0.15, 0.2) is 0 Å². The van der Waals surface area contributed by atoms with E-state index in [0.29, 0.717) is 13.1 Å². The molecule has 0 bridgehead atoms. The minimum absolute atomic E-state index is 0.0217. The van der Waals surface area contributed by atoms with Gasteiger partial charge < -0.3 is 16.4 Å². The third kappa shape index (κ3) is 5.82. The van der Waals surface area contributed by atoms with Crippen molar-refractivity contribution in [2.75, 3.05) is 20.1 Å². The molecular formula is C7H17N3O. The fraction of sp³-hybridized carbons (Fsp3) is 0.857. The molecule has 0 aliphatic carbocycles. The van der Waals surface area contributed by atoms with Crippen molar-refractivity contribution in [3.63, 3.8) is 0 Å². The van der Waals surface area contributed by atoms with Gasteiger partial charge in [0, 0.05) is 6.04 Å². The number of hydrogen-bond acceptors (Lipinski definition) is 3. The molecule has 0 rings (SSSR count). The van der Waals surface area contributed by atoms with Gasteiger partial charge in [-0.2, -0.15) is 0 Å². The van der Waals surface area contributed by atoms with Crippen molar-refractivity contribution in [2.24, 2.45) is 5.73 Å². The summed E-state index contributed by atoms with van der Waals surface area (Å²) in [6.07, 6.45) is 0.829. The molecule has 0 saturated heterocycles. The van der Waals surface area contributed by atoms with Crippen LogP contribution in [0.25, 0.3) is 0 Å². The first-order valence-corrected chi connectivity index (χ1v) is 3.84. The van der Waals surface area contributed by atoms with Crippen LogP contribution in [-0.4, -0.2) is 32.1 Å². The highest BCUT2D eigenvalue weighted by Gasteiger charge is 2.03. The van der Waals surface area contributed by atoms with E-state index in [4.69, 9.17) is 5.73 Å². The zero-order valence-electron chi connectivity index (χ0n) is 7.18. The Labute approximate surface area is 67.5 Å². The van der Waals surface area contributed by atoms with E-state index in [-0.39, 0.29) is 11.9 Å². The molecular weight excluding hydrogens is 142 g/mol. The topological polar surface area (TPSA) is 67.2 Å². The molecule has 4 nitrogen and oxygen atoms in total. The Morgan fingerprint density at radius 3 is 2.73 bits per heavy atom. The van der Waals surface area contributed by atoms with Gasteiger partial charge in [-0.15, -0.1) is 0 Å².